The van der Waals surface area contributed by atoms with Gasteiger partial charge in [-0.05, 0) is 12.1 Å². The number of pyridine rings is 1. The summed E-state index contributed by atoms with van der Waals surface area (Å²) in [4.78, 5) is 24.0. The third-order valence-electron chi connectivity index (χ3n) is 2.63. The molecule has 1 aromatic heterocycles. The van der Waals surface area contributed by atoms with E-state index in [1.807, 2.05) is 0 Å². The summed E-state index contributed by atoms with van der Waals surface area (Å²) < 4.78 is 5.53. The number of hydrogen-bond donors (Lipinski definition) is 1. The van der Waals surface area contributed by atoms with Crippen molar-refractivity contribution in [3.8, 4) is 5.88 Å². The molecule has 0 aliphatic carbocycles. The molecule has 0 spiro atoms. The Morgan fingerprint density at radius 2 is 1.96 bits per heavy atom. The largest absolute Gasteiger partial charge is 0.472 e. The van der Waals surface area contributed by atoms with Crippen LogP contribution in [0, 0.1) is 0 Å². The number of halogens is 3. The molecule has 1 N–H and O–H groups in total. The van der Waals surface area contributed by atoms with Crippen LogP contribution in [0.3, 0.4) is 0 Å². The van der Waals surface area contributed by atoms with Gasteiger partial charge in [-0.2, -0.15) is 9.87 Å². The van der Waals surface area contributed by atoms with Gasteiger partial charge in [0.2, 0.25) is 5.88 Å². The van der Waals surface area contributed by atoms with Crippen LogP contribution in [-0.4, -0.2) is 18.2 Å². The van der Waals surface area contributed by atoms with Crippen LogP contribution in [0.2, 0.25) is 15.2 Å². The van der Waals surface area contributed by atoms with Gasteiger partial charge in [0.25, 0.3) is 0 Å². The minimum atomic E-state index is -0.759. The molecule has 0 radical (unpaired) electrons. The fraction of sp³-hybridized carbons (Fsp3) is 0.143. The Morgan fingerprint density at radius 3 is 2.70 bits per heavy atom. The van der Waals surface area contributed by atoms with E-state index in [1.165, 1.54) is 13.2 Å². The van der Waals surface area contributed by atoms with Crippen LogP contribution in [0.4, 0.5) is 10.5 Å². The Hall–Kier alpha value is -1.73. The van der Waals surface area contributed by atoms with Crippen molar-refractivity contribution >= 4 is 46.6 Å². The first-order valence-corrected chi connectivity index (χ1v) is 7.38. The lowest BCUT2D eigenvalue weighted by Crippen LogP contribution is -2.14. The van der Waals surface area contributed by atoms with Gasteiger partial charge in [0, 0.05) is 5.56 Å². The highest BCUT2D eigenvalue weighted by Gasteiger charge is 2.12. The lowest BCUT2D eigenvalue weighted by atomic mass is 10.2. The van der Waals surface area contributed by atoms with Gasteiger partial charge < -0.3 is 4.74 Å². The van der Waals surface area contributed by atoms with Crippen molar-refractivity contribution in [3.63, 3.8) is 0 Å². The number of ether oxygens (including phenoxy) is 1. The van der Waals surface area contributed by atoms with Crippen LogP contribution in [0.15, 0.2) is 30.3 Å². The van der Waals surface area contributed by atoms with Gasteiger partial charge in [0.15, 0.2) is 5.15 Å². The molecule has 1 aromatic carbocycles. The van der Waals surface area contributed by atoms with Crippen LogP contribution < -0.4 is 10.1 Å². The van der Waals surface area contributed by atoms with Crippen molar-refractivity contribution in [2.75, 3.05) is 12.4 Å². The number of benzene rings is 1. The maximum absolute atomic E-state index is 11.4. The Kier molecular flexibility index (Phi) is 6.29. The van der Waals surface area contributed by atoms with Gasteiger partial charge in [0.05, 0.1) is 17.8 Å². The molecular formula is C14H11Cl3N2O4. The fourth-order valence-corrected chi connectivity index (χ4v) is 2.19. The summed E-state index contributed by atoms with van der Waals surface area (Å²) in [5.74, 6) is 0.135. The van der Waals surface area contributed by atoms with Gasteiger partial charge in [-0.15, -0.1) is 0 Å². The van der Waals surface area contributed by atoms with E-state index < -0.39 is 6.09 Å². The molecule has 2 aromatic rings. The number of aromatic nitrogens is 1. The van der Waals surface area contributed by atoms with E-state index in [4.69, 9.17) is 39.5 Å². The molecule has 2 rings (SSSR count). The van der Waals surface area contributed by atoms with Crippen molar-refractivity contribution in [2.45, 2.75) is 6.61 Å². The van der Waals surface area contributed by atoms with Crippen LogP contribution in [-0.2, 0) is 16.4 Å². The number of rotatable bonds is 5. The molecule has 0 aliphatic heterocycles. The SMILES string of the molecule is COOC(=O)Nc1ccccc1COc1nc(Cl)c(Cl)cc1Cl. The first-order valence-electron chi connectivity index (χ1n) is 6.25. The molecule has 122 valence electrons. The normalized spacial score (nSPS) is 10.3. The van der Waals surface area contributed by atoms with Crippen molar-refractivity contribution < 1.29 is 19.3 Å². The van der Waals surface area contributed by atoms with Gasteiger partial charge in [-0.25, -0.2) is 4.79 Å². The number of hydrogen-bond acceptors (Lipinski definition) is 5. The molecule has 0 saturated heterocycles. The minimum absolute atomic E-state index is 0.0844. The fourth-order valence-electron chi connectivity index (χ4n) is 1.65. The molecule has 0 aliphatic rings. The highest BCUT2D eigenvalue weighted by molar-refractivity contribution is 6.42. The van der Waals surface area contributed by atoms with E-state index in [0.29, 0.717) is 11.3 Å². The molecule has 0 atom stereocenters. The first kappa shape index (κ1) is 17.6. The molecule has 23 heavy (non-hydrogen) atoms. The lowest BCUT2D eigenvalue weighted by Gasteiger charge is -2.12. The van der Waals surface area contributed by atoms with Crippen molar-refractivity contribution in [1.29, 1.82) is 0 Å². The molecule has 0 fully saturated rings. The second-order valence-electron chi connectivity index (χ2n) is 4.16. The molecule has 9 heteroatoms. The summed E-state index contributed by atoms with van der Waals surface area (Å²) in [6.07, 6.45) is -0.759. The third-order valence-corrected chi connectivity index (χ3v) is 3.58. The highest BCUT2D eigenvalue weighted by Crippen LogP contribution is 2.31. The molecule has 1 heterocycles. The maximum atomic E-state index is 11.4. The predicted molar refractivity (Wildman–Crippen MR) is 87.2 cm³/mol. The summed E-state index contributed by atoms with van der Waals surface area (Å²) in [6, 6.07) is 8.41. The minimum Gasteiger partial charge on any atom is -0.472 e. The number of carbonyl (C=O) groups excluding carboxylic acids is 1. The summed E-state index contributed by atoms with van der Waals surface area (Å²) in [5.41, 5.74) is 1.16. The van der Waals surface area contributed by atoms with Crippen LogP contribution >= 0.6 is 34.8 Å². The average Bonchev–Trinajstić information content (AvgIpc) is 2.51. The third kappa shape index (κ3) is 4.87. The van der Waals surface area contributed by atoms with Gasteiger partial charge in [-0.3, -0.25) is 10.2 Å². The van der Waals surface area contributed by atoms with Crippen molar-refractivity contribution in [3.05, 3.63) is 51.1 Å². The zero-order valence-corrected chi connectivity index (χ0v) is 14.1. The number of amides is 1. The van der Waals surface area contributed by atoms with Crippen molar-refractivity contribution in [1.82, 2.24) is 4.98 Å². The Labute approximate surface area is 147 Å². The van der Waals surface area contributed by atoms with Crippen LogP contribution in [0.25, 0.3) is 0 Å². The quantitative estimate of drug-likeness (QED) is 0.463. The molecule has 1 amide bonds. The second-order valence-corrected chi connectivity index (χ2v) is 5.33. The summed E-state index contributed by atoms with van der Waals surface area (Å²) in [5, 5.41) is 3.06. The predicted octanol–water partition coefficient (Wildman–Crippen LogP) is 4.73. The molecule has 0 bridgehead atoms. The highest BCUT2D eigenvalue weighted by atomic mass is 35.5. The Bertz CT molecular complexity index is 712. The molecule has 0 unspecified atom stereocenters. The summed E-state index contributed by atoms with van der Waals surface area (Å²) in [7, 11) is 1.23. The first-order chi connectivity index (χ1) is 11.0. The average molecular weight is 378 g/mol. The van der Waals surface area contributed by atoms with Crippen LogP contribution in [0.1, 0.15) is 5.56 Å². The van der Waals surface area contributed by atoms with Crippen LogP contribution in [0.5, 0.6) is 5.88 Å². The van der Waals surface area contributed by atoms with Gasteiger partial charge in [-0.1, -0.05) is 53.0 Å². The number of nitrogens with one attached hydrogen (secondary N) is 1. The van der Waals surface area contributed by atoms with E-state index in [1.54, 1.807) is 24.3 Å². The zero-order chi connectivity index (χ0) is 16.8. The molecule has 0 saturated carbocycles. The van der Waals surface area contributed by atoms with Gasteiger partial charge in [0.1, 0.15) is 11.6 Å². The monoisotopic (exact) mass is 376 g/mol. The number of carbonyl (C=O) groups is 1. The second kappa shape index (κ2) is 8.21. The van der Waals surface area contributed by atoms with E-state index in [-0.39, 0.29) is 27.7 Å². The molecule has 6 nitrogen and oxygen atoms in total. The standard InChI is InChI=1S/C14H11Cl3N2O4/c1-21-23-14(20)18-11-5-3-2-4-8(11)7-22-13-10(16)6-9(15)12(17)19-13/h2-6H,7H2,1H3,(H,18,20). The summed E-state index contributed by atoms with van der Waals surface area (Å²) >= 11 is 17.6. The summed E-state index contributed by atoms with van der Waals surface area (Å²) in [6.45, 7) is 0.0914. The maximum Gasteiger partial charge on any atom is 0.443 e. The topological polar surface area (TPSA) is 69.7 Å². The Morgan fingerprint density at radius 1 is 1.22 bits per heavy atom. The Balaban J connectivity index is 2.12. The number of anilines is 1. The van der Waals surface area contributed by atoms with Gasteiger partial charge >= 0.3 is 6.09 Å². The zero-order valence-electron chi connectivity index (χ0n) is 11.8. The lowest BCUT2D eigenvalue weighted by molar-refractivity contribution is -0.208. The van der Waals surface area contributed by atoms with E-state index in [0.717, 1.165) is 0 Å². The number of nitrogens with zero attached hydrogens (tertiary/aromatic N) is 1. The smallest absolute Gasteiger partial charge is 0.443 e. The number of para-hydroxylation sites is 1. The van der Waals surface area contributed by atoms with E-state index in [2.05, 4.69) is 20.1 Å². The van der Waals surface area contributed by atoms with Crippen molar-refractivity contribution in [2.24, 2.45) is 0 Å². The van der Waals surface area contributed by atoms with E-state index in [9.17, 15) is 4.79 Å². The molecular weight excluding hydrogens is 367 g/mol. The van der Waals surface area contributed by atoms with E-state index >= 15 is 0 Å².